The highest BCUT2D eigenvalue weighted by molar-refractivity contribution is 7.13. The van der Waals surface area contributed by atoms with Crippen molar-refractivity contribution < 1.29 is 14.7 Å². The number of thiazole rings is 1. The van der Waals surface area contributed by atoms with Crippen LogP contribution in [0.15, 0.2) is 10.5 Å². The fourth-order valence-electron chi connectivity index (χ4n) is 1.39. The molecule has 0 atom stereocenters. The van der Waals surface area contributed by atoms with Crippen LogP contribution < -0.4 is 5.73 Å². The summed E-state index contributed by atoms with van der Waals surface area (Å²) < 4.78 is 0. The van der Waals surface area contributed by atoms with E-state index in [1.54, 1.807) is 6.92 Å². The second kappa shape index (κ2) is 11.0. The Balaban J connectivity index is 0.000000486. The van der Waals surface area contributed by atoms with Crippen molar-refractivity contribution in [3.63, 3.8) is 0 Å². The van der Waals surface area contributed by atoms with E-state index in [0.717, 1.165) is 11.3 Å². The Hall–Kier alpha value is -1.67. The molecule has 0 aliphatic heterocycles. The van der Waals surface area contributed by atoms with Gasteiger partial charge in [-0.3, -0.25) is 0 Å². The van der Waals surface area contributed by atoms with Crippen LogP contribution in [0.4, 0.5) is 5.13 Å². The summed E-state index contributed by atoms with van der Waals surface area (Å²) in [6.07, 6.45) is 0. The zero-order chi connectivity index (χ0) is 16.3. The number of nitrogens with zero attached hydrogens (tertiary/aromatic N) is 3. The van der Waals surface area contributed by atoms with Gasteiger partial charge in [0.1, 0.15) is 12.3 Å². The maximum Gasteiger partial charge on any atom is 0.360 e. The largest absolute Gasteiger partial charge is 0.476 e. The lowest BCUT2D eigenvalue weighted by molar-refractivity contribution is -0.129. The molecular formula is C13H24N4O3S. The van der Waals surface area contributed by atoms with E-state index in [1.165, 1.54) is 25.0 Å². The van der Waals surface area contributed by atoms with Gasteiger partial charge in [0.25, 0.3) is 0 Å². The molecule has 0 aromatic carbocycles. The molecule has 0 fully saturated rings. The van der Waals surface area contributed by atoms with Crippen LogP contribution in [0.3, 0.4) is 0 Å². The van der Waals surface area contributed by atoms with E-state index in [-0.39, 0.29) is 11.4 Å². The maximum atomic E-state index is 10.7. The van der Waals surface area contributed by atoms with Crippen molar-refractivity contribution in [1.82, 2.24) is 9.88 Å². The molecule has 1 rings (SSSR count). The van der Waals surface area contributed by atoms with Crippen LogP contribution in [0.1, 0.15) is 33.4 Å². The summed E-state index contributed by atoms with van der Waals surface area (Å²) in [6.45, 7) is 12.1. The van der Waals surface area contributed by atoms with E-state index >= 15 is 0 Å². The molecule has 0 radical (unpaired) electrons. The molecule has 0 spiro atoms. The zero-order valence-electron chi connectivity index (χ0n) is 13.0. The first-order valence-corrected chi connectivity index (χ1v) is 7.74. The number of carboxylic acids is 1. The highest BCUT2D eigenvalue weighted by Gasteiger charge is 2.16. The summed E-state index contributed by atoms with van der Waals surface area (Å²) in [5.74, 6) is -1.19. The van der Waals surface area contributed by atoms with Crippen LogP contribution in [0.2, 0.25) is 0 Å². The highest BCUT2D eigenvalue weighted by Crippen LogP contribution is 2.12. The number of nitrogens with two attached hydrogens (primary N) is 1. The molecule has 0 aliphatic carbocycles. The first kappa shape index (κ1) is 19.3. The molecule has 0 saturated carbocycles. The minimum atomic E-state index is -1.19. The van der Waals surface area contributed by atoms with Crippen LogP contribution in [-0.4, -0.2) is 52.9 Å². The highest BCUT2D eigenvalue weighted by atomic mass is 32.1. The third-order valence-corrected chi connectivity index (χ3v) is 3.27. The molecule has 0 saturated heterocycles. The Morgan fingerprint density at radius 1 is 1.38 bits per heavy atom. The lowest BCUT2D eigenvalue weighted by Gasteiger charge is -2.13. The summed E-state index contributed by atoms with van der Waals surface area (Å²) in [7, 11) is 0. The SMILES string of the molecule is CCN(CC)CC.CCO/N=C(\C(=O)O)c1csc(N)n1. The number of aromatic nitrogens is 1. The van der Waals surface area contributed by atoms with E-state index in [0.29, 0.717) is 11.7 Å². The normalized spacial score (nSPS) is 11.0. The Kier molecular flexibility index (Phi) is 10.2. The number of carboxylic acid groups (broad SMARTS) is 1. The number of aliphatic carboxylic acids is 1. The van der Waals surface area contributed by atoms with Gasteiger partial charge >= 0.3 is 5.97 Å². The molecule has 21 heavy (non-hydrogen) atoms. The third-order valence-electron chi connectivity index (χ3n) is 2.59. The number of hydrogen-bond acceptors (Lipinski definition) is 7. The quantitative estimate of drug-likeness (QED) is 0.588. The number of nitrogen functional groups attached to an aromatic ring is 1. The Bertz CT molecular complexity index is 439. The first-order valence-electron chi connectivity index (χ1n) is 6.86. The van der Waals surface area contributed by atoms with Gasteiger partial charge in [-0.25, -0.2) is 9.78 Å². The summed E-state index contributed by atoms with van der Waals surface area (Å²) in [4.78, 5) is 21.5. The van der Waals surface area contributed by atoms with Gasteiger partial charge in [0.05, 0.1) is 0 Å². The van der Waals surface area contributed by atoms with Crippen LogP contribution in [0.5, 0.6) is 0 Å². The van der Waals surface area contributed by atoms with Crippen LogP contribution in [0.25, 0.3) is 0 Å². The van der Waals surface area contributed by atoms with Crippen LogP contribution >= 0.6 is 11.3 Å². The average molecular weight is 316 g/mol. The molecule has 1 aromatic rings. The summed E-state index contributed by atoms with van der Waals surface area (Å²) in [5.41, 5.74) is 5.34. The number of rotatable bonds is 7. The number of carbonyl (C=O) groups is 1. The number of oxime groups is 1. The predicted molar refractivity (Wildman–Crippen MR) is 85.8 cm³/mol. The topological polar surface area (TPSA) is 101 Å². The molecule has 0 bridgehead atoms. The molecule has 3 N–H and O–H groups in total. The van der Waals surface area contributed by atoms with Gasteiger partial charge in [-0.15, -0.1) is 11.3 Å². The Morgan fingerprint density at radius 2 is 1.95 bits per heavy atom. The van der Waals surface area contributed by atoms with Crippen molar-refractivity contribution in [3.05, 3.63) is 11.1 Å². The minimum absolute atomic E-state index is 0.216. The fourth-order valence-corrected chi connectivity index (χ4v) is 1.94. The van der Waals surface area contributed by atoms with Crippen molar-refractivity contribution in [3.8, 4) is 0 Å². The molecule has 0 unspecified atom stereocenters. The van der Waals surface area contributed by atoms with E-state index in [4.69, 9.17) is 10.8 Å². The molecular weight excluding hydrogens is 292 g/mol. The van der Waals surface area contributed by atoms with Gasteiger partial charge in [-0.05, 0) is 26.6 Å². The second-order valence-corrected chi connectivity index (χ2v) is 4.74. The van der Waals surface area contributed by atoms with Crippen LogP contribution in [-0.2, 0) is 9.63 Å². The lowest BCUT2D eigenvalue weighted by Crippen LogP contribution is -2.21. The number of anilines is 1. The van der Waals surface area contributed by atoms with Crippen molar-refractivity contribution in [2.24, 2.45) is 5.16 Å². The third kappa shape index (κ3) is 7.62. The molecule has 7 nitrogen and oxygen atoms in total. The minimum Gasteiger partial charge on any atom is -0.476 e. The van der Waals surface area contributed by atoms with Crippen molar-refractivity contribution >= 4 is 28.1 Å². The van der Waals surface area contributed by atoms with Gasteiger partial charge in [0.15, 0.2) is 5.13 Å². The van der Waals surface area contributed by atoms with E-state index < -0.39 is 5.97 Å². The lowest BCUT2D eigenvalue weighted by atomic mass is 10.3. The molecule has 1 heterocycles. The summed E-state index contributed by atoms with van der Waals surface area (Å²) in [6, 6.07) is 0. The average Bonchev–Trinajstić information content (AvgIpc) is 2.88. The monoisotopic (exact) mass is 316 g/mol. The maximum absolute atomic E-state index is 10.7. The predicted octanol–water partition coefficient (Wildman–Crippen LogP) is 1.90. The Labute approximate surface area is 129 Å². The summed E-state index contributed by atoms with van der Waals surface area (Å²) >= 11 is 1.15. The van der Waals surface area contributed by atoms with Crippen molar-refractivity contribution in [2.75, 3.05) is 32.0 Å². The second-order valence-electron chi connectivity index (χ2n) is 3.85. The van der Waals surface area contributed by atoms with E-state index in [9.17, 15) is 4.79 Å². The van der Waals surface area contributed by atoms with E-state index in [2.05, 4.69) is 40.6 Å². The van der Waals surface area contributed by atoms with E-state index in [1.807, 2.05) is 0 Å². The molecule has 1 aromatic heterocycles. The fraction of sp³-hybridized carbons (Fsp3) is 0.615. The van der Waals surface area contributed by atoms with Gasteiger partial charge in [-0.2, -0.15) is 0 Å². The molecule has 0 aliphatic rings. The van der Waals surface area contributed by atoms with Gasteiger partial charge in [0.2, 0.25) is 5.71 Å². The Morgan fingerprint density at radius 3 is 2.24 bits per heavy atom. The molecule has 120 valence electrons. The van der Waals surface area contributed by atoms with Crippen molar-refractivity contribution in [1.29, 1.82) is 0 Å². The summed E-state index contributed by atoms with van der Waals surface area (Å²) in [5, 5.41) is 14.0. The van der Waals surface area contributed by atoms with Gasteiger partial charge < -0.3 is 20.6 Å². The van der Waals surface area contributed by atoms with Gasteiger partial charge in [0, 0.05) is 5.38 Å². The van der Waals surface area contributed by atoms with Crippen molar-refractivity contribution in [2.45, 2.75) is 27.7 Å². The zero-order valence-corrected chi connectivity index (χ0v) is 13.8. The standard InChI is InChI=1S/C7H9N3O3S.C6H15N/c1-2-13-10-5(6(11)12)4-3-14-7(8)9-4;1-4-7(5-2)6-3/h3H,2H2,1H3,(H2,8,9)(H,11,12);4-6H2,1-3H3/b10-5-;. The number of hydrogen-bond donors (Lipinski definition) is 2. The smallest absolute Gasteiger partial charge is 0.360 e. The molecule has 0 amide bonds. The first-order chi connectivity index (χ1) is 9.99. The van der Waals surface area contributed by atoms with Gasteiger partial charge in [-0.1, -0.05) is 25.9 Å². The molecule has 8 heteroatoms. The van der Waals surface area contributed by atoms with Crippen LogP contribution in [0, 0.1) is 0 Å².